The van der Waals surface area contributed by atoms with E-state index < -0.39 is 11.2 Å². The Bertz CT molecular complexity index is 721. The molecule has 0 radical (unpaired) electrons. The van der Waals surface area contributed by atoms with Gasteiger partial charge in [-0.3, -0.25) is 0 Å². The molecule has 0 amide bonds. The fourth-order valence-corrected chi connectivity index (χ4v) is 6.63. The van der Waals surface area contributed by atoms with E-state index in [0.29, 0.717) is 19.3 Å². The van der Waals surface area contributed by atoms with Crippen LogP contribution in [0.3, 0.4) is 0 Å². The molecule has 0 aliphatic heterocycles. The molecule has 0 aromatic carbocycles. The third kappa shape index (κ3) is 4.73. The highest BCUT2D eigenvalue weighted by Gasteiger charge is 2.64. The van der Waals surface area contributed by atoms with E-state index in [4.69, 9.17) is 0 Å². The van der Waals surface area contributed by atoms with Crippen LogP contribution >= 0.6 is 0 Å². The van der Waals surface area contributed by atoms with Crippen molar-refractivity contribution in [2.45, 2.75) is 109 Å². The smallest absolute Gasteiger partial charge is 0.0989 e. The number of fused-ring (bicyclic) bond motifs is 1. The summed E-state index contributed by atoms with van der Waals surface area (Å²) >= 11 is 0. The standard InChI is InChI=1S/C27H44O4/c1-19(18-28)7-5-15-26(4,30)27(31)16-13-24-21(8-6-14-25(24,27)3)10-11-22-17-23(29)12-9-20(22)2/h10-11,19,23-24,28-31H,2,5-9,12-18H2,1,3-4H3/b21-10?,22-11-/t19?,23-,24?,25-,26-,27+/m0/s1. The molecule has 0 spiro atoms. The van der Waals surface area contributed by atoms with Gasteiger partial charge in [0.15, 0.2) is 0 Å². The molecule has 2 unspecified atom stereocenters. The van der Waals surface area contributed by atoms with Crippen LogP contribution in [0.5, 0.6) is 0 Å². The first-order valence-electron chi connectivity index (χ1n) is 12.4. The molecule has 176 valence electrons. The highest BCUT2D eigenvalue weighted by molar-refractivity contribution is 5.37. The van der Waals surface area contributed by atoms with Crippen molar-refractivity contribution in [1.82, 2.24) is 0 Å². The van der Waals surface area contributed by atoms with Crippen molar-refractivity contribution in [2.24, 2.45) is 17.3 Å². The maximum atomic E-state index is 11.9. The molecular formula is C27H44O4. The zero-order chi connectivity index (χ0) is 22.9. The Morgan fingerprint density at radius 1 is 1.23 bits per heavy atom. The summed E-state index contributed by atoms with van der Waals surface area (Å²) in [6, 6.07) is 0. The van der Waals surface area contributed by atoms with Gasteiger partial charge < -0.3 is 20.4 Å². The van der Waals surface area contributed by atoms with Crippen molar-refractivity contribution in [3.8, 4) is 0 Å². The Morgan fingerprint density at radius 2 is 1.97 bits per heavy atom. The minimum Gasteiger partial charge on any atom is -0.396 e. The predicted octanol–water partition coefficient (Wildman–Crippen LogP) is 4.82. The average Bonchev–Trinajstić information content (AvgIpc) is 3.01. The van der Waals surface area contributed by atoms with E-state index in [1.54, 1.807) is 0 Å². The van der Waals surface area contributed by atoms with Gasteiger partial charge in [-0.15, -0.1) is 0 Å². The molecule has 0 heterocycles. The predicted molar refractivity (Wildman–Crippen MR) is 126 cm³/mol. The van der Waals surface area contributed by atoms with Gasteiger partial charge in [0.05, 0.1) is 17.3 Å². The van der Waals surface area contributed by atoms with Gasteiger partial charge >= 0.3 is 0 Å². The highest BCUT2D eigenvalue weighted by Crippen LogP contribution is 2.63. The molecule has 3 aliphatic carbocycles. The Morgan fingerprint density at radius 3 is 2.68 bits per heavy atom. The number of allylic oxidation sites excluding steroid dienone is 4. The van der Waals surface area contributed by atoms with E-state index in [0.717, 1.165) is 62.5 Å². The molecule has 3 saturated carbocycles. The fourth-order valence-electron chi connectivity index (χ4n) is 6.63. The Balaban J connectivity index is 1.79. The number of hydrogen-bond donors (Lipinski definition) is 4. The zero-order valence-electron chi connectivity index (χ0n) is 19.9. The Kier molecular flexibility index (Phi) is 7.57. The fraction of sp³-hybridized carbons (Fsp3) is 0.778. The van der Waals surface area contributed by atoms with E-state index in [1.807, 2.05) is 13.8 Å². The number of aliphatic hydroxyl groups is 4. The SMILES string of the molecule is C=C1CC[C@H](O)C/C1=C/C=C1CCC[C@@]2(C)C1CC[C@]2(O)[C@@](C)(O)CCCC(C)CO. The van der Waals surface area contributed by atoms with Crippen molar-refractivity contribution < 1.29 is 20.4 Å². The van der Waals surface area contributed by atoms with E-state index in [-0.39, 0.29) is 30.0 Å². The van der Waals surface area contributed by atoms with Crippen LogP contribution in [0.25, 0.3) is 0 Å². The van der Waals surface area contributed by atoms with Gasteiger partial charge in [0.1, 0.15) is 0 Å². The molecule has 0 bridgehead atoms. The molecule has 0 aromatic heterocycles. The van der Waals surface area contributed by atoms with Crippen molar-refractivity contribution in [2.75, 3.05) is 6.61 Å². The van der Waals surface area contributed by atoms with Crippen molar-refractivity contribution >= 4 is 0 Å². The van der Waals surface area contributed by atoms with E-state index in [1.165, 1.54) is 5.57 Å². The maximum Gasteiger partial charge on any atom is 0.0989 e. The Hall–Kier alpha value is -0.940. The monoisotopic (exact) mass is 432 g/mol. The number of hydrogen-bond acceptors (Lipinski definition) is 4. The molecular weight excluding hydrogens is 388 g/mol. The average molecular weight is 433 g/mol. The lowest BCUT2D eigenvalue weighted by molar-refractivity contribution is -0.204. The number of aliphatic hydroxyl groups excluding tert-OH is 2. The van der Waals surface area contributed by atoms with Gasteiger partial charge in [0.25, 0.3) is 0 Å². The summed E-state index contributed by atoms with van der Waals surface area (Å²) in [4.78, 5) is 0. The second-order valence-corrected chi connectivity index (χ2v) is 11.1. The molecule has 0 saturated heterocycles. The van der Waals surface area contributed by atoms with Crippen molar-refractivity contribution in [3.63, 3.8) is 0 Å². The van der Waals surface area contributed by atoms with Gasteiger partial charge in [-0.05, 0) is 88.5 Å². The molecule has 3 fully saturated rings. The van der Waals surface area contributed by atoms with Gasteiger partial charge in [-0.25, -0.2) is 0 Å². The summed E-state index contributed by atoms with van der Waals surface area (Å²) < 4.78 is 0. The first kappa shape index (κ1) is 24.7. The maximum absolute atomic E-state index is 11.9. The summed E-state index contributed by atoms with van der Waals surface area (Å²) in [5.74, 6) is 0.496. The van der Waals surface area contributed by atoms with E-state index in [2.05, 4.69) is 25.7 Å². The second-order valence-electron chi connectivity index (χ2n) is 11.1. The van der Waals surface area contributed by atoms with Gasteiger partial charge in [0, 0.05) is 12.0 Å². The molecule has 3 rings (SSSR count). The molecule has 4 nitrogen and oxygen atoms in total. The van der Waals surface area contributed by atoms with Gasteiger partial charge in [-0.1, -0.05) is 50.1 Å². The molecule has 4 heteroatoms. The summed E-state index contributed by atoms with van der Waals surface area (Å²) in [7, 11) is 0. The van der Waals surface area contributed by atoms with Crippen LogP contribution in [0.2, 0.25) is 0 Å². The third-order valence-electron chi connectivity index (χ3n) is 8.87. The summed E-state index contributed by atoms with van der Waals surface area (Å²) in [6.45, 7) is 10.4. The van der Waals surface area contributed by atoms with Gasteiger partial charge in [0.2, 0.25) is 0 Å². The quantitative estimate of drug-likeness (QED) is 0.465. The van der Waals surface area contributed by atoms with E-state index >= 15 is 0 Å². The van der Waals surface area contributed by atoms with Crippen LogP contribution in [-0.2, 0) is 0 Å². The molecule has 6 atom stereocenters. The van der Waals surface area contributed by atoms with Crippen LogP contribution < -0.4 is 0 Å². The van der Waals surface area contributed by atoms with Crippen molar-refractivity contribution in [1.29, 1.82) is 0 Å². The van der Waals surface area contributed by atoms with Crippen LogP contribution in [0.1, 0.15) is 91.4 Å². The topological polar surface area (TPSA) is 80.9 Å². The lowest BCUT2D eigenvalue weighted by Gasteiger charge is -2.53. The highest BCUT2D eigenvalue weighted by atomic mass is 16.4. The Labute approximate surface area is 188 Å². The molecule has 3 aliphatic rings. The van der Waals surface area contributed by atoms with Crippen LogP contribution in [0, 0.1) is 17.3 Å². The van der Waals surface area contributed by atoms with Crippen LogP contribution in [0.15, 0.2) is 35.5 Å². The van der Waals surface area contributed by atoms with E-state index in [9.17, 15) is 20.4 Å². The first-order valence-corrected chi connectivity index (χ1v) is 12.4. The zero-order valence-corrected chi connectivity index (χ0v) is 19.9. The normalized spacial score (nSPS) is 39.5. The summed E-state index contributed by atoms with van der Waals surface area (Å²) in [5, 5.41) is 42.7. The third-order valence-corrected chi connectivity index (χ3v) is 8.87. The molecule has 31 heavy (non-hydrogen) atoms. The minimum absolute atomic E-state index is 0.166. The molecule has 0 aromatic rings. The van der Waals surface area contributed by atoms with Crippen LogP contribution in [0.4, 0.5) is 0 Å². The molecule has 4 N–H and O–H groups in total. The second kappa shape index (κ2) is 9.51. The summed E-state index contributed by atoms with van der Waals surface area (Å²) in [5.41, 5.74) is 1.05. The van der Waals surface area contributed by atoms with Gasteiger partial charge in [-0.2, -0.15) is 0 Å². The lowest BCUT2D eigenvalue weighted by atomic mass is 9.57. The first-order chi connectivity index (χ1) is 14.5. The summed E-state index contributed by atoms with van der Waals surface area (Å²) in [6.07, 6.45) is 13.1. The lowest BCUT2D eigenvalue weighted by Crippen LogP contribution is -2.61. The van der Waals surface area contributed by atoms with Crippen LogP contribution in [-0.4, -0.2) is 44.3 Å². The largest absolute Gasteiger partial charge is 0.396 e. The van der Waals surface area contributed by atoms with Crippen molar-refractivity contribution in [3.05, 3.63) is 35.5 Å². The number of rotatable bonds is 7. The minimum atomic E-state index is -1.14.